The van der Waals surface area contributed by atoms with Crippen molar-refractivity contribution in [3.8, 4) is 0 Å². The van der Waals surface area contributed by atoms with Crippen LogP contribution in [-0.2, 0) is 23.5 Å². The van der Waals surface area contributed by atoms with Gasteiger partial charge in [0.05, 0.1) is 0 Å². The van der Waals surface area contributed by atoms with Gasteiger partial charge >= 0.3 is 49.7 Å². The van der Waals surface area contributed by atoms with Crippen molar-refractivity contribution in [2.45, 2.75) is 0 Å². The van der Waals surface area contributed by atoms with Crippen LogP contribution in [0.3, 0.4) is 0 Å². The van der Waals surface area contributed by atoms with Crippen LogP contribution in [0.1, 0.15) is 0 Å². The van der Waals surface area contributed by atoms with Crippen molar-refractivity contribution in [2.75, 3.05) is 0 Å². The zero-order valence-corrected chi connectivity index (χ0v) is 6.11. The quantitative estimate of drug-likeness (QED) is 0.517. The first-order valence-corrected chi connectivity index (χ1v) is 2.85. The first kappa shape index (κ1) is 9.33. The van der Waals surface area contributed by atoms with E-state index in [1.54, 1.807) is 0 Å². The molecule has 0 aliphatic heterocycles. The number of rotatable bonds is 0. The monoisotopic (exact) mass is 231 g/mol. The number of hydrogen-bond donors (Lipinski definition) is 1. The minimum absolute atomic E-state index is 0.750. The molecule has 0 aromatic carbocycles. The van der Waals surface area contributed by atoms with E-state index in [9.17, 15) is 0 Å². The Morgan fingerprint density at radius 1 is 1.40 bits per heavy atom. The second kappa shape index (κ2) is 20.4. The van der Waals surface area contributed by atoms with Crippen LogP contribution in [0.2, 0.25) is 0 Å². The summed E-state index contributed by atoms with van der Waals surface area (Å²) in [5, 5.41) is 0. The molecule has 0 aliphatic rings. The normalized spacial score (nSPS) is 2.80. The SMILES string of the molecule is O[TeH].[O]=[V]=[O]. The van der Waals surface area contributed by atoms with Gasteiger partial charge in [0.25, 0.3) is 0 Å². The standard InChI is InChI=1S/H2OTe.2O.V/c1-2;;;/h1-2H;;;. The Balaban J connectivity index is 0. The minimum atomic E-state index is -1.81. The third kappa shape index (κ3) is 48.7. The Bertz CT molecular complexity index is 27.9. The zero-order valence-electron chi connectivity index (χ0n) is 2.16. The van der Waals surface area contributed by atoms with Gasteiger partial charge < -0.3 is 0 Å². The summed E-state index contributed by atoms with van der Waals surface area (Å²) in [6, 6.07) is 0. The van der Waals surface area contributed by atoms with Crippen LogP contribution in [0.15, 0.2) is 0 Å². The van der Waals surface area contributed by atoms with Gasteiger partial charge in [0.15, 0.2) is 0 Å². The van der Waals surface area contributed by atoms with Crippen LogP contribution in [0.4, 0.5) is 0 Å². The first-order valence-electron chi connectivity index (χ1n) is 0.565. The number of hydrogen-bond acceptors (Lipinski definition) is 3. The summed E-state index contributed by atoms with van der Waals surface area (Å²) in [5.41, 5.74) is 0. The summed E-state index contributed by atoms with van der Waals surface area (Å²) in [4.78, 5) is 0. The van der Waals surface area contributed by atoms with E-state index in [1.165, 1.54) is 0 Å². The fourth-order valence-electron chi connectivity index (χ4n) is 0. The average molecular weight is 229 g/mol. The van der Waals surface area contributed by atoms with Gasteiger partial charge in [-0.25, -0.2) is 0 Å². The van der Waals surface area contributed by atoms with E-state index in [1.807, 2.05) is 0 Å². The molecule has 0 aromatic heterocycles. The van der Waals surface area contributed by atoms with Crippen molar-refractivity contribution < 1.29 is 27.0 Å². The molecule has 0 saturated carbocycles. The second-order valence-corrected chi connectivity index (χ2v) is 0.307. The Hall–Kier alpha value is 0.934. The fraction of sp³-hybridized carbons (Fsp3) is 0. The van der Waals surface area contributed by atoms with Crippen molar-refractivity contribution in [1.29, 1.82) is 0 Å². The van der Waals surface area contributed by atoms with E-state index in [0.29, 0.717) is 0 Å². The molecule has 0 heterocycles. The van der Waals surface area contributed by atoms with E-state index in [0.717, 1.165) is 22.7 Å². The second-order valence-electron chi connectivity index (χ2n) is 0.0745. The molecule has 5 heavy (non-hydrogen) atoms. The van der Waals surface area contributed by atoms with E-state index >= 15 is 0 Å². The van der Waals surface area contributed by atoms with Crippen LogP contribution in [0.5, 0.6) is 0 Å². The van der Waals surface area contributed by atoms with Crippen molar-refractivity contribution in [3.63, 3.8) is 0 Å². The molecule has 0 fully saturated rings. The summed E-state index contributed by atoms with van der Waals surface area (Å²) >= 11 is -1.06. The predicted octanol–water partition coefficient (Wildman–Crippen LogP) is -1.45. The van der Waals surface area contributed by atoms with Crippen molar-refractivity contribution in [2.24, 2.45) is 0 Å². The molecule has 0 aliphatic carbocycles. The van der Waals surface area contributed by atoms with Crippen LogP contribution >= 0.6 is 0 Å². The predicted molar refractivity (Wildman–Crippen MR) is 10.7 cm³/mol. The molecule has 1 N–H and O–H groups in total. The van der Waals surface area contributed by atoms with E-state index < -0.39 is 16.2 Å². The Morgan fingerprint density at radius 2 is 1.40 bits per heavy atom. The molecule has 0 amide bonds. The van der Waals surface area contributed by atoms with E-state index in [2.05, 4.69) is 0 Å². The molecule has 0 aromatic rings. The van der Waals surface area contributed by atoms with Crippen LogP contribution in [0.25, 0.3) is 0 Å². The van der Waals surface area contributed by atoms with Gasteiger partial charge in [0.1, 0.15) is 0 Å². The summed E-state index contributed by atoms with van der Waals surface area (Å²) < 4.78 is 24.0. The first-order chi connectivity index (χ1) is 2.41. The van der Waals surface area contributed by atoms with Crippen LogP contribution < -0.4 is 0 Å². The van der Waals surface area contributed by atoms with Crippen LogP contribution in [0, 0.1) is 0 Å². The molecular formula is H2O3TeV. The van der Waals surface area contributed by atoms with Gasteiger partial charge in [-0.05, 0) is 0 Å². The van der Waals surface area contributed by atoms with Gasteiger partial charge in [0.2, 0.25) is 0 Å². The summed E-state index contributed by atoms with van der Waals surface area (Å²) in [6.45, 7) is 0. The molecule has 0 atom stereocenters. The molecule has 5 heteroatoms. The van der Waals surface area contributed by atoms with Crippen molar-refractivity contribution >= 4 is 22.7 Å². The molecule has 0 unspecified atom stereocenters. The van der Waals surface area contributed by atoms with Crippen molar-refractivity contribution in [3.05, 3.63) is 0 Å². The summed E-state index contributed by atoms with van der Waals surface area (Å²) in [5.74, 6) is 0. The van der Waals surface area contributed by atoms with E-state index in [-0.39, 0.29) is 0 Å². The molecule has 0 bridgehead atoms. The molecule has 3 nitrogen and oxygen atoms in total. The molecular weight excluding hydrogens is 227 g/mol. The van der Waals surface area contributed by atoms with Gasteiger partial charge in [0, 0.05) is 0 Å². The van der Waals surface area contributed by atoms with Gasteiger partial charge in [-0.3, -0.25) is 0 Å². The van der Waals surface area contributed by atoms with Gasteiger partial charge in [-0.2, -0.15) is 0 Å². The Labute approximate surface area is 49.7 Å². The fourth-order valence-corrected chi connectivity index (χ4v) is 0. The Kier molecular flexibility index (Phi) is 38.1. The van der Waals surface area contributed by atoms with Gasteiger partial charge in [-0.15, -0.1) is 0 Å². The molecule has 0 rings (SSSR count). The molecule has 0 radical (unpaired) electrons. The third-order valence-corrected chi connectivity index (χ3v) is 0. The molecule has 0 saturated heterocycles. The van der Waals surface area contributed by atoms with Crippen molar-refractivity contribution in [1.82, 2.24) is 0 Å². The molecule has 0 spiro atoms. The van der Waals surface area contributed by atoms with Crippen LogP contribution in [-0.4, -0.2) is 26.2 Å². The Morgan fingerprint density at radius 3 is 1.40 bits per heavy atom. The summed E-state index contributed by atoms with van der Waals surface area (Å²) in [7, 11) is 0. The maximum absolute atomic E-state index is 8.47. The molecule has 31 valence electrons. The zero-order chi connectivity index (χ0) is 4.71. The van der Waals surface area contributed by atoms with E-state index in [4.69, 9.17) is 10.8 Å². The maximum atomic E-state index is 8.47. The third-order valence-electron chi connectivity index (χ3n) is 0. The van der Waals surface area contributed by atoms with Gasteiger partial charge in [-0.1, -0.05) is 0 Å². The summed E-state index contributed by atoms with van der Waals surface area (Å²) in [6.07, 6.45) is 0. The average Bonchev–Trinajstić information content (AvgIpc) is 1.46. The topological polar surface area (TPSA) is 54.4 Å².